The monoisotopic (exact) mass is 562 g/mol. The minimum Gasteiger partial charge on any atom is -0.394 e. The molecule has 8 nitrogen and oxygen atoms in total. The number of hydrogen-bond acceptors (Lipinski definition) is 7. The molecule has 2 aromatic carbocycles. The first-order valence-corrected chi connectivity index (χ1v) is 13.1. The maximum absolute atomic E-state index is 14.9. The highest BCUT2D eigenvalue weighted by atomic mass is 32.1. The number of benzene rings is 2. The van der Waals surface area contributed by atoms with Gasteiger partial charge in [-0.2, -0.15) is 0 Å². The van der Waals surface area contributed by atoms with Gasteiger partial charge >= 0.3 is 0 Å². The van der Waals surface area contributed by atoms with Crippen molar-refractivity contribution < 1.29 is 23.8 Å². The zero-order chi connectivity index (χ0) is 28.4. The fraction of sp³-hybridized carbons (Fsp3) is 0.138. The first kappa shape index (κ1) is 27.1. The first-order chi connectivity index (χ1) is 19.3. The topological polar surface area (TPSA) is 116 Å². The van der Waals surface area contributed by atoms with Gasteiger partial charge in [0.25, 0.3) is 11.5 Å². The van der Waals surface area contributed by atoms with Gasteiger partial charge in [-0.3, -0.25) is 14.2 Å². The lowest BCUT2D eigenvalue weighted by atomic mass is 9.97. The third-order valence-corrected chi connectivity index (χ3v) is 7.22. The maximum Gasteiger partial charge on any atom is 0.265 e. The number of aliphatic hydroxyl groups excluding tert-OH is 2. The van der Waals surface area contributed by atoms with Crippen molar-refractivity contribution in [2.45, 2.75) is 13.0 Å². The average Bonchev–Trinajstić information content (AvgIpc) is 3.49. The summed E-state index contributed by atoms with van der Waals surface area (Å²) in [7, 11) is 0. The molecule has 0 aliphatic rings. The SMILES string of the molecule is Cc1ccc(NC(=O)c2cccs2)cc1-c1cc(NC(CO)CO)nc2c1ccc(=O)n2-c1c(F)cccc1F. The normalized spacial score (nSPS) is 11.2. The van der Waals surface area contributed by atoms with Crippen LogP contribution in [0.1, 0.15) is 15.2 Å². The number of amides is 1. The van der Waals surface area contributed by atoms with Crippen LogP contribution in [0.3, 0.4) is 0 Å². The third-order valence-electron chi connectivity index (χ3n) is 6.35. The molecular formula is C29H24F2N4O4S. The van der Waals surface area contributed by atoms with Crippen molar-refractivity contribution in [3.8, 4) is 16.8 Å². The number of pyridine rings is 2. The van der Waals surface area contributed by atoms with Crippen molar-refractivity contribution in [1.29, 1.82) is 0 Å². The Morgan fingerprint density at radius 1 is 1.00 bits per heavy atom. The number of nitrogens with one attached hydrogen (secondary N) is 2. The summed E-state index contributed by atoms with van der Waals surface area (Å²) in [5.41, 5.74) is 1.18. The number of fused-ring (bicyclic) bond motifs is 1. The minimum atomic E-state index is -0.950. The number of carbonyl (C=O) groups excluding carboxylic acids is 1. The quantitative estimate of drug-likeness (QED) is 0.218. The third kappa shape index (κ3) is 5.22. The summed E-state index contributed by atoms with van der Waals surface area (Å²) in [6.07, 6.45) is 0. The number of nitrogens with zero attached hydrogens (tertiary/aromatic N) is 2. The second-order valence-corrected chi connectivity index (χ2v) is 9.98. The molecule has 4 N–H and O–H groups in total. The van der Waals surface area contributed by atoms with Crippen LogP contribution in [0.5, 0.6) is 0 Å². The second kappa shape index (κ2) is 11.3. The molecular weight excluding hydrogens is 538 g/mol. The largest absolute Gasteiger partial charge is 0.394 e. The van der Waals surface area contributed by atoms with Gasteiger partial charge in [0.05, 0.1) is 24.1 Å². The highest BCUT2D eigenvalue weighted by Crippen LogP contribution is 2.35. The van der Waals surface area contributed by atoms with Crippen LogP contribution in [0.2, 0.25) is 0 Å². The molecule has 0 aliphatic carbocycles. The molecule has 0 atom stereocenters. The molecule has 0 saturated carbocycles. The van der Waals surface area contributed by atoms with E-state index >= 15 is 0 Å². The molecule has 1 amide bonds. The Bertz CT molecular complexity index is 1750. The van der Waals surface area contributed by atoms with Crippen molar-refractivity contribution in [3.63, 3.8) is 0 Å². The van der Waals surface area contributed by atoms with E-state index in [1.54, 1.807) is 35.7 Å². The van der Waals surface area contributed by atoms with E-state index in [4.69, 9.17) is 0 Å². The van der Waals surface area contributed by atoms with Crippen molar-refractivity contribution in [2.24, 2.45) is 0 Å². The summed E-state index contributed by atoms with van der Waals surface area (Å²) in [6, 6.07) is 15.7. The Morgan fingerprint density at radius 2 is 1.75 bits per heavy atom. The van der Waals surface area contributed by atoms with Crippen LogP contribution >= 0.6 is 11.3 Å². The summed E-state index contributed by atoms with van der Waals surface area (Å²) in [4.78, 5) is 30.7. The van der Waals surface area contributed by atoms with E-state index in [0.29, 0.717) is 27.1 Å². The average molecular weight is 563 g/mol. The van der Waals surface area contributed by atoms with Crippen molar-refractivity contribution in [2.75, 3.05) is 23.8 Å². The summed E-state index contributed by atoms with van der Waals surface area (Å²) < 4.78 is 30.6. The van der Waals surface area contributed by atoms with E-state index in [9.17, 15) is 28.6 Å². The highest BCUT2D eigenvalue weighted by Gasteiger charge is 2.20. The lowest BCUT2D eigenvalue weighted by Crippen LogP contribution is -2.28. The van der Waals surface area contributed by atoms with Gasteiger partial charge in [0.15, 0.2) is 5.65 Å². The number of carbonyl (C=O) groups is 1. The van der Waals surface area contributed by atoms with Crippen LogP contribution in [-0.2, 0) is 0 Å². The predicted octanol–water partition coefficient (Wildman–Crippen LogP) is 4.72. The molecule has 0 radical (unpaired) electrons. The van der Waals surface area contributed by atoms with Crippen LogP contribution in [0.25, 0.3) is 27.8 Å². The Kier molecular flexibility index (Phi) is 7.69. The van der Waals surface area contributed by atoms with Gasteiger partial charge < -0.3 is 20.8 Å². The molecule has 0 fully saturated rings. The number of thiophene rings is 1. The van der Waals surface area contributed by atoms with Gasteiger partial charge in [-0.25, -0.2) is 13.8 Å². The maximum atomic E-state index is 14.9. The molecule has 5 aromatic rings. The van der Waals surface area contributed by atoms with Gasteiger partial charge in [-0.05, 0) is 71.5 Å². The molecule has 3 aromatic heterocycles. The Labute approximate surface area is 231 Å². The molecule has 0 bridgehead atoms. The summed E-state index contributed by atoms with van der Waals surface area (Å²) in [5, 5.41) is 27.3. The number of aliphatic hydroxyl groups is 2. The number of halogens is 2. The molecule has 204 valence electrons. The number of rotatable bonds is 8. The number of anilines is 2. The predicted molar refractivity (Wildman–Crippen MR) is 151 cm³/mol. The van der Waals surface area contributed by atoms with Crippen LogP contribution in [0, 0.1) is 18.6 Å². The summed E-state index contributed by atoms with van der Waals surface area (Å²) >= 11 is 1.31. The van der Waals surface area contributed by atoms with Crippen molar-refractivity contribution in [1.82, 2.24) is 9.55 Å². The second-order valence-electron chi connectivity index (χ2n) is 9.04. The standard InChI is InChI=1S/C29H24F2N4O4S/c1-16-7-8-17(33-29(39)24-6-3-11-40-24)12-20(16)21-13-25(32-18(14-36)15-37)34-28-19(21)9-10-26(38)35(28)27-22(30)4-2-5-23(27)31/h2-13,18,36-37H,14-15H2,1H3,(H,32,34)(H,33,39). The van der Waals surface area contributed by atoms with Crippen LogP contribution in [0.4, 0.5) is 20.3 Å². The Balaban J connectivity index is 1.75. The smallest absolute Gasteiger partial charge is 0.265 e. The molecule has 5 rings (SSSR count). The van der Waals surface area contributed by atoms with Gasteiger partial charge in [0, 0.05) is 17.1 Å². The lowest BCUT2D eigenvalue weighted by molar-refractivity contribution is 0.103. The molecule has 11 heteroatoms. The van der Waals surface area contributed by atoms with Crippen molar-refractivity contribution in [3.05, 3.63) is 105 Å². The van der Waals surface area contributed by atoms with Crippen LogP contribution in [0.15, 0.2) is 76.9 Å². The zero-order valence-electron chi connectivity index (χ0n) is 21.2. The number of para-hydroxylation sites is 1. The van der Waals surface area contributed by atoms with E-state index in [-0.39, 0.29) is 17.4 Å². The van der Waals surface area contributed by atoms with E-state index in [1.807, 2.05) is 13.0 Å². The number of hydrogen-bond donors (Lipinski definition) is 4. The molecule has 3 heterocycles. The van der Waals surface area contributed by atoms with Crippen molar-refractivity contribution >= 4 is 39.8 Å². The van der Waals surface area contributed by atoms with Gasteiger partial charge in [0.1, 0.15) is 23.1 Å². The Hall–Kier alpha value is -4.45. The molecule has 40 heavy (non-hydrogen) atoms. The summed E-state index contributed by atoms with van der Waals surface area (Å²) in [5.74, 6) is -2.02. The molecule has 0 aliphatic heterocycles. The minimum absolute atomic E-state index is 0.0430. The fourth-order valence-electron chi connectivity index (χ4n) is 4.37. The Morgan fingerprint density at radius 3 is 2.42 bits per heavy atom. The molecule has 0 spiro atoms. The number of aromatic nitrogens is 2. The fourth-order valence-corrected chi connectivity index (χ4v) is 4.99. The van der Waals surface area contributed by atoms with Crippen LogP contribution < -0.4 is 16.2 Å². The van der Waals surface area contributed by atoms with Gasteiger partial charge in [-0.1, -0.05) is 18.2 Å². The lowest BCUT2D eigenvalue weighted by Gasteiger charge is -2.19. The van der Waals surface area contributed by atoms with Crippen LogP contribution in [-0.4, -0.2) is 44.9 Å². The van der Waals surface area contributed by atoms with E-state index in [1.165, 1.54) is 29.5 Å². The van der Waals surface area contributed by atoms with Gasteiger partial charge in [0.2, 0.25) is 0 Å². The molecule has 0 saturated heterocycles. The zero-order valence-corrected chi connectivity index (χ0v) is 22.0. The van der Waals surface area contributed by atoms with Gasteiger partial charge in [-0.15, -0.1) is 11.3 Å². The first-order valence-electron chi connectivity index (χ1n) is 12.3. The van der Waals surface area contributed by atoms with E-state index < -0.39 is 42.1 Å². The summed E-state index contributed by atoms with van der Waals surface area (Å²) in [6.45, 7) is 1.02. The van der Waals surface area contributed by atoms with E-state index in [2.05, 4.69) is 15.6 Å². The molecule has 0 unspecified atom stereocenters. The number of aryl methyl sites for hydroxylation is 1. The van der Waals surface area contributed by atoms with E-state index in [0.717, 1.165) is 22.3 Å². The highest BCUT2D eigenvalue weighted by molar-refractivity contribution is 7.12.